The molecule has 22 heavy (non-hydrogen) atoms. The van der Waals surface area contributed by atoms with E-state index in [-0.39, 0.29) is 0 Å². The number of hydrogen-bond donors (Lipinski definition) is 1. The van der Waals surface area contributed by atoms with Crippen molar-refractivity contribution in [3.8, 4) is 23.6 Å². The summed E-state index contributed by atoms with van der Waals surface area (Å²) in [5.74, 6) is 1.12. The summed E-state index contributed by atoms with van der Waals surface area (Å²) in [5.41, 5.74) is 2.60. The van der Waals surface area contributed by atoms with Gasteiger partial charge >= 0.3 is 0 Å². The number of aryl methyl sites for hydroxylation is 1. The molecule has 0 amide bonds. The smallest absolute Gasteiger partial charge is 0.138 e. The average Bonchev–Trinajstić information content (AvgIpc) is 2.98. The highest BCUT2D eigenvalue weighted by molar-refractivity contribution is 5.88. The average molecular weight is 288 g/mol. The summed E-state index contributed by atoms with van der Waals surface area (Å²) in [6, 6.07) is 14.4. The van der Waals surface area contributed by atoms with Crippen molar-refractivity contribution in [2.45, 2.75) is 13.3 Å². The number of aromatic nitrogens is 2. The number of nitrogens with one attached hydrogen (secondary N) is 1. The topological polar surface area (TPSA) is 85.5 Å². The summed E-state index contributed by atoms with van der Waals surface area (Å²) in [6.07, 6.45) is 0.804. The van der Waals surface area contributed by atoms with Crippen molar-refractivity contribution in [3.63, 3.8) is 0 Å². The van der Waals surface area contributed by atoms with E-state index in [0.29, 0.717) is 22.6 Å². The zero-order valence-corrected chi connectivity index (χ0v) is 11.9. The van der Waals surface area contributed by atoms with Crippen molar-refractivity contribution >= 4 is 10.9 Å². The molecule has 0 aliphatic carbocycles. The fourth-order valence-electron chi connectivity index (χ4n) is 2.35. The maximum Gasteiger partial charge on any atom is 0.138 e. The highest BCUT2D eigenvalue weighted by Gasteiger charge is 2.11. The number of rotatable bonds is 3. The Morgan fingerprint density at radius 1 is 1.14 bits per heavy atom. The van der Waals surface area contributed by atoms with Crippen LogP contribution in [0.5, 0.6) is 11.5 Å². The number of aromatic amines is 1. The van der Waals surface area contributed by atoms with Crippen LogP contribution in [0.1, 0.15) is 23.7 Å². The standard InChI is InChI=1S/C17H12N4O/c1-2-14-17-15(21-20-14)4-3-5-16(17)22-13-7-11(9-18)6-12(8-13)10-19/h3-8H,2H2,1H3,(H,20,21). The first-order valence-electron chi connectivity index (χ1n) is 6.84. The molecule has 5 heteroatoms. The van der Waals surface area contributed by atoms with Gasteiger partial charge in [-0.2, -0.15) is 15.6 Å². The minimum absolute atomic E-state index is 0.393. The highest BCUT2D eigenvalue weighted by atomic mass is 16.5. The molecule has 106 valence electrons. The van der Waals surface area contributed by atoms with Crippen molar-refractivity contribution < 1.29 is 4.74 Å². The first-order valence-corrected chi connectivity index (χ1v) is 6.84. The minimum atomic E-state index is 0.393. The second kappa shape index (κ2) is 5.59. The van der Waals surface area contributed by atoms with Crippen molar-refractivity contribution in [2.24, 2.45) is 0 Å². The van der Waals surface area contributed by atoms with E-state index in [2.05, 4.69) is 10.2 Å². The molecule has 0 atom stereocenters. The van der Waals surface area contributed by atoms with Crippen LogP contribution in [-0.4, -0.2) is 10.2 Å². The lowest BCUT2D eigenvalue weighted by molar-refractivity contribution is 0.487. The van der Waals surface area contributed by atoms with E-state index in [9.17, 15) is 0 Å². The van der Waals surface area contributed by atoms with E-state index in [1.807, 2.05) is 37.3 Å². The number of hydrogen-bond acceptors (Lipinski definition) is 4. The number of fused-ring (bicyclic) bond motifs is 1. The molecule has 0 aliphatic rings. The maximum atomic E-state index is 9.04. The summed E-state index contributed by atoms with van der Waals surface area (Å²) >= 11 is 0. The van der Waals surface area contributed by atoms with Crippen molar-refractivity contribution in [1.29, 1.82) is 10.5 Å². The molecule has 0 spiro atoms. The quantitative estimate of drug-likeness (QED) is 0.796. The second-order valence-corrected chi connectivity index (χ2v) is 4.78. The third kappa shape index (κ3) is 2.36. The van der Waals surface area contributed by atoms with Crippen LogP contribution < -0.4 is 4.74 Å². The van der Waals surface area contributed by atoms with E-state index in [0.717, 1.165) is 23.0 Å². The lowest BCUT2D eigenvalue weighted by Crippen LogP contribution is -1.90. The Kier molecular flexibility index (Phi) is 3.47. The molecule has 1 heterocycles. The number of ether oxygens (including phenoxy) is 1. The molecule has 0 radical (unpaired) electrons. The molecule has 0 fully saturated rings. The molecule has 3 aromatic rings. The predicted molar refractivity (Wildman–Crippen MR) is 81.4 cm³/mol. The van der Waals surface area contributed by atoms with E-state index < -0.39 is 0 Å². The van der Waals surface area contributed by atoms with E-state index in [1.54, 1.807) is 12.1 Å². The van der Waals surface area contributed by atoms with Crippen LogP contribution in [0.3, 0.4) is 0 Å². The van der Waals surface area contributed by atoms with Gasteiger partial charge in [0, 0.05) is 5.69 Å². The fourth-order valence-corrected chi connectivity index (χ4v) is 2.35. The Bertz CT molecular complexity index is 896. The SMILES string of the molecule is CCc1[nH]nc2cccc(Oc3cc(C#N)cc(C#N)c3)c12. The van der Waals surface area contributed by atoms with E-state index in [4.69, 9.17) is 15.3 Å². The first-order chi connectivity index (χ1) is 10.7. The zero-order chi connectivity index (χ0) is 15.5. The largest absolute Gasteiger partial charge is 0.456 e. The molecule has 0 unspecified atom stereocenters. The summed E-state index contributed by atoms with van der Waals surface area (Å²) in [5, 5.41) is 26.2. The van der Waals surface area contributed by atoms with Crippen LogP contribution >= 0.6 is 0 Å². The molecular weight excluding hydrogens is 276 g/mol. The van der Waals surface area contributed by atoms with Crippen LogP contribution in [-0.2, 0) is 6.42 Å². The highest BCUT2D eigenvalue weighted by Crippen LogP contribution is 2.32. The lowest BCUT2D eigenvalue weighted by atomic mass is 10.1. The number of H-pyrrole nitrogens is 1. The molecule has 0 aliphatic heterocycles. The van der Waals surface area contributed by atoms with E-state index in [1.165, 1.54) is 6.07 Å². The molecule has 3 rings (SSSR count). The van der Waals surface area contributed by atoms with Gasteiger partial charge in [-0.25, -0.2) is 0 Å². The Morgan fingerprint density at radius 2 is 1.86 bits per heavy atom. The van der Waals surface area contributed by atoms with Crippen LogP contribution in [0.15, 0.2) is 36.4 Å². The molecule has 0 saturated heterocycles. The van der Waals surface area contributed by atoms with Crippen molar-refractivity contribution in [3.05, 3.63) is 53.2 Å². The van der Waals surface area contributed by atoms with Crippen LogP contribution in [0.25, 0.3) is 10.9 Å². The van der Waals surface area contributed by atoms with Crippen molar-refractivity contribution in [1.82, 2.24) is 10.2 Å². The Labute approximate surface area is 127 Å². The van der Waals surface area contributed by atoms with Gasteiger partial charge < -0.3 is 4.74 Å². The van der Waals surface area contributed by atoms with Gasteiger partial charge in [-0.15, -0.1) is 0 Å². The van der Waals surface area contributed by atoms with Crippen LogP contribution in [0.2, 0.25) is 0 Å². The predicted octanol–water partition coefficient (Wildman–Crippen LogP) is 3.66. The third-order valence-electron chi connectivity index (χ3n) is 3.36. The Hall–Kier alpha value is -3.31. The maximum absolute atomic E-state index is 9.04. The number of nitrogens with zero attached hydrogens (tertiary/aromatic N) is 3. The molecule has 1 aromatic heterocycles. The van der Waals surface area contributed by atoms with Gasteiger partial charge in [0.05, 0.1) is 34.2 Å². The molecular formula is C17H12N4O. The zero-order valence-electron chi connectivity index (χ0n) is 11.9. The van der Waals surface area contributed by atoms with Gasteiger partial charge in [-0.05, 0) is 36.8 Å². The summed E-state index contributed by atoms with van der Waals surface area (Å²) < 4.78 is 5.92. The minimum Gasteiger partial charge on any atom is -0.456 e. The van der Waals surface area contributed by atoms with Gasteiger partial charge in [-0.3, -0.25) is 5.10 Å². The molecule has 5 nitrogen and oxygen atoms in total. The summed E-state index contributed by atoms with van der Waals surface area (Å²) in [4.78, 5) is 0. The first kappa shape index (κ1) is 13.7. The van der Waals surface area contributed by atoms with E-state index >= 15 is 0 Å². The molecule has 0 bridgehead atoms. The third-order valence-corrected chi connectivity index (χ3v) is 3.36. The van der Waals surface area contributed by atoms with Gasteiger partial charge in [0.2, 0.25) is 0 Å². The fraction of sp³-hybridized carbons (Fsp3) is 0.118. The van der Waals surface area contributed by atoms with Gasteiger partial charge in [0.1, 0.15) is 11.5 Å². The number of benzene rings is 2. The molecule has 1 N–H and O–H groups in total. The molecule has 2 aromatic carbocycles. The van der Waals surface area contributed by atoms with Crippen LogP contribution in [0.4, 0.5) is 0 Å². The Balaban J connectivity index is 2.09. The van der Waals surface area contributed by atoms with Crippen LogP contribution in [0, 0.1) is 22.7 Å². The normalized spacial score (nSPS) is 10.1. The van der Waals surface area contributed by atoms with Crippen molar-refractivity contribution in [2.75, 3.05) is 0 Å². The number of nitriles is 2. The second-order valence-electron chi connectivity index (χ2n) is 4.78. The van der Waals surface area contributed by atoms with Gasteiger partial charge in [0.25, 0.3) is 0 Å². The summed E-state index contributed by atoms with van der Waals surface area (Å²) in [7, 11) is 0. The monoisotopic (exact) mass is 288 g/mol. The van der Waals surface area contributed by atoms with Gasteiger partial charge in [-0.1, -0.05) is 13.0 Å². The summed E-state index contributed by atoms with van der Waals surface area (Å²) in [6.45, 7) is 2.04. The molecule has 0 saturated carbocycles. The lowest BCUT2D eigenvalue weighted by Gasteiger charge is -2.08. The van der Waals surface area contributed by atoms with Gasteiger partial charge in [0.15, 0.2) is 0 Å². The Morgan fingerprint density at radius 3 is 2.50 bits per heavy atom.